The average molecular weight is 417 g/mol. The van der Waals surface area contributed by atoms with E-state index in [1.807, 2.05) is 0 Å². The fourth-order valence-electron chi connectivity index (χ4n) is 2.57. The Labute approximate surface area is 179 Å². The van der Waals surface area contributed by atoms with E-state index in [0.717, 1.165) is 0 Å². The average Bonchev–Trinajstić information content (AvgIpc) is 2.63. The number of ether oxygens (including phenoxy) is 3. The molecule has 0 radical (unpaired) electrons. The molecule has 2 aliphatic rings. The SMILES string of the molecule is OC[C@H]1O[C@@H](O[C@H]2[C@H](O)[C@@H](O)[C@@H](O)O[C@@H]2CO)[C@H](O)[C@@H](O)[C@H]1O.[Cl][K]. The summed E-state index contributed by atoms with van der Waals surface area (Å²) in [5.74, 6) is 0. The maximum atomic E-state index is 9.94. The van der Waals surface area contributed by atoms with Crippen LogP contribution in [0.3, 0.4) is 0 Å². The molecule has 10 atom stereocenters. The molecular weight excluding hydrogens is 395 g/mol. The van der Waals surface area contributed by atoms with Gasteiger partial charge < -0.3 is 55.1 Å². The topological polar surface area (TPSA) is 190 Å². The molecule has 0 amide bonds. The number of halogens is 1. The van der Waals surface area contributed by atoms with Crippen LogP contribution in [0.2, 0.25) is 0 Å². The van der Waals surface area contributed by atoms with Crippen LogP contribution in [0, 0.1) is 0 Å². The van der Waals surface area contributed by atoms with Crippen LogP contribution in [0.25, 0.3) is 0 Å². The number of hydrogen-bond acceptors (Lipinski definition) is 11. The van der Waals surface area contributed by atoms with Crippen molar-refractivity contribution in [1.29, 1.82) is 0 Å². The second-order valence-corrected chi connectivity index (χ2v) is 5.53. The van der Waals surface area contributed by atoms with Gasteiger partial charge in [0.25, 0.3) is 0 Å². The Bertz CT molecular complexity index is 390. The van der Waals surface area contributed by atoms with E-state index in [2.05, 4.69) is 0 Å². The fourth-order valence-corrected chi connectivity index (χ4v) is 2.57. The van der Waals surface area contributed by atoms with Gasteiger partial charge in [-0.3, -0.25) is 0 Å². The second-order valence-electron chi connectivity index (χ2n) is 5.53. The molecule has 0 aromatic rings. The van der Waals surface area contributed by atoms with Crippen LogP contribution < -0.4 is 0 Å². The molecule has 0 unspecified atom stereocenters. The van der Waals surface area contributed by atoms with Crippen molar-refractivity contribution in [2.45, 2.75) is 61.4 Å². The van der Waals surface area contributed by atoms with Crippen molar-refractivity contribution in [3.8, 4) is 0 Å². The molecule has 2 heterocycles. The second kappa shape index (κ2) is 11.5. The van der Waals surface area contributed by atoms with Crippen molar-refractivity contribution in [3.63, 3.8) is 0 Å². The van der Waals surface area contributed by atoms with E-state index in [1.54, 1.807) is 0 Å². The Balaban J connectivity index is 0.00000151. The van der Waals surface area contributed by atoms with Gasteiger partial charge in [-0.1, -0.05) is 0 Å². The quantitative estimate of drug-likeness (QED) is 0.205. The number of rotatable bonds is 4. The zero-order chi connectivity index (χ0) is 19.3. The molecule has 2 rings (SSSR count). The molecule has 13 heteroatoms. The van der Waals surface area contributed by atoms with Gasteiger partial charge in [0.2, 0.25) is 0 Å². The van der Waals surface area contributed by atoms with Crippen LogP contribution in [0.5, 0.6) is 0 Å². The normalized spacial score (nSPS) is 47.8. The zero-order valence-corrected chi connectivity index (χ0v) is 17.2. The summed E-state index contributed by atoms with van der Waals surface area (Å²) in [5, 5.41) is 76.5. The number of aliphatic hydroxyl groups is 8. The van der Waals surface area contributed by atoms with Gasteiger partial charge in [0, 0.05) is 0 Å². The van der Waals surface area contributed by atoms with Gasteiger partial charge in [-0.05, 0) is 0 Å². The molecule has 2 aliphatic heterocycles. The summed E-state index contributed by atoms with van der Waals surface area (Å²) >= 11 is 0.535. The molecule has 0 saturated carbocycles. The zero-order valence-electron chi connectivity index (χ0n) is 13.4. The first-order chi connectivity index (χ1) is 11.8. The molecule has 8 N–H and O–H groups in total. The number of aliphatic hydroxyl groups excluding tert-OH is 8. The van der Waals surface area contributed by atoms with Crippen LogP contribution in [0.15, 0.2) is 0 Å². The van der Waals surface area contributed by atoms with Gasteiger partial charge in [0.15, 0.2) is 12.6 Å². The van der Waals surface area contributed by atoms with E-state index in [-0.39, 0.29) is 0 Å². The molecule has 144 valence electrons. The third-order valence-corrected chi connectivity index (χ3v) is 3.98. The van der Waals surface area contributed by atoms with Crippen LogP contribution in [-0.2, 0) is 14.2 Å². The molecule has 0 bridgehead atoms. The first-order valence-electron chi connectivity index (χ1n) is 7.46. The minimum absolute atomic E-state index is 0.535. The molecule has 0 spiro atoms. The van der Waals surface area contributed by atoms with Crippen molar-refractivity contribution in [2.24, 2.45) is 0 Å². The van der Waals surface area contributed by atoms with Gasteiger partial charge in [-0.15, -0.1) is 0 Å². The Morgan fingerprint density at radius 1 is 0.720 bits per heavy atom. The minimum atomic E-state index is -1.74. The van der Waals surface area contributed by atoms with Crippen LogP contribution in [0.4, 0.5) is 0 Å². The van der Waals surface area contributed by atoms with Crippen molar-refractivity contribution in [3.05, 3.63) is 0 Å². The molecule has 0 aromatic heterocycles. The van der Waals surface area contributed by atoms with E-state index in [4.69, 9.17) is 23.1 Å². The van der Waals surface area contributed by atoms with E-state index in [9.17, 15) is 35.7 Å². The van der Waals surface area contributed by atoms with E-state index < -0.39 is 74.6 Å². The predicted octanol–water partition coefficient (Wildman–Crippen LogP) is -5.09. The Kier molecular flexibility index (Phi) is 11.3. The molecule has 25 heavy (non-hydrogen) atoms. The Hall–Kier alpha value is 1.49. The van der Waals surface area contributed by atoms with Crippen molar-refractivity contribution in [1.82, 2.24) is 0 Å². The summed E-state index contributed by atoms with van der Waals surface area (Å²) in [4.78, 5) is 0. The third-order valence-electron chi connectivity index (χ3n) is 3.98. The van der Waals surface area contributed by atoms with Crippen molar-refractivity contribution < 1.29 is 55.1 Å². The molecular formula is C12H22ClKO11. The molecule has 0 aliphatic carbocycles. The molecule has 2 saturated heterocycles. The Morgan fingerprint density at radius 3 is 1.80 bits per heavy atom. The van der Waals surface area contributed by atoms with Crippen molar-refractivity contribution >= 4 is 50.9 Å². The summed E-state index contributed by atoms with van der Waals surface area (Å²) < 4.78 is 20.1. The van der Waals surface area contributed by atoms with Crippen LogP contribution in [0.1, 0.15) is 0 Å². The van der Waals surface area contributed by atoms with Crippen LogP contribution in [-0.4, -0.2) is 163 Å². The van der Waals surface area contributed by atoms with E-state index in [0.29, 0.717) is 47.1 Å². The fraction of sp³-hybridized carbons (Fsp3) is 1.00. The Morgan fingerprint density at radius 2 is 1.28 bits per heavy atom. The number of hydrogen-bond donors (Lipinski definition) is 8. The maximum absolute atomic E-state index is 9.94. The molecule has 11 nitrogen and oxygen atoms in total. The van der Waals surface area contributed by atoms with Crippen molar-refractivity contribution in [2.75, 3.05) is 13.2 Å². The standard InChI is InChI=1S/C12H22O11.ClH.K/c13-1-3-5(15)6(16)9(19)12(22-3)23-10-4(2-14)21-11(20)8(18)7(10)17;;/h3-20H,1-2H2;1H;/q;;+1/p-1/t3-,4-,5+,6+,7-,8-,9-,10-,11+,12+;;/m1../s1. The third kappa shape index (κ3) is 5.74. The first kappa shape index (κ1) is 24.5. The summed E-state index contributed by atoms with van der Waals surface area (Å²) in [6.45, 7) is -1.35. The van der Waals surface area contributed by atoms with Crippen LogP contribution >= 0.6 is 3.76 Å². The predicted molar refractivity (Wildman–Crippen MR) is 80.2 cm³/mol. The van der Waals surface area contributed by atoms with Gasteiger partial charge in [-0.25, -0.2) is 0 Å². The molecule has 0 aromatic carbocycles. The first-order valence-corrected chi connectivity index (χ1v) is 11.8. The van der Waals surface area contributed by atoms with E-state index in [1.165, 1.54) is 0 Å². The van der Waals surface area contributed by atoms with E-state index >= 15 is 0 Å². The molecule has 2 fully saturated rings. The van der Waals surface area contributed by atoms with Gasteiger partial charge in [-0.2, -0.15) is 0 Å². The van der Waals surface area contributed by atoms with Gasteiger partial charge in [0.05, 0.1) is 13.2 Å². The summed E-state index contributed by atoms with van der Waals surface area (Å²) in [6.07, 6.45) is -15.6. The monoisotopic (exact) mass is 416 g/mol. The summed E-state index contributed by atoms with van der Waals surface area (Å²) in [7, 11) is 0. The summed E-state index contributed by atoms with van der Waals surface area (Å²) in [5.41, 5.74) is 0. The summed E-state index contributed by atoms with van der Waals surface area (Å²) in [6, 6.07) is 0. The van der Waals surface area contributed by atoms with Gasteiger partial charge >= 0.3 is 50.9 Å². The van der Waals surface area contributed by atoms with Gasteiger partial charge in [0.1, 0.15) is 48.8 Å².